The molecule has 3 aromatic rings. The summed E-state index contributed by atoms with van der Waals surface area (Å²) in [7, 11) is 1.55. The van der Waals surface area contributed by atoms with Crippen LogP contribution >= 0.6 is 11.8 Å². The van der Waals surface area contributed by atoms with Gasteiger partial charge in [0, 0.05) is 28.3 Å². The highest BCUT2D eigenvalue weighted by molar-refractivity contribution is 8.00. The van der Waals surface area contributed by atoms with E-state index in [2.05, 4.69) is 10.6 Å². The fourth-order valence-electron chi connectivity index (χ4n) is 3.03. The number of ether oxygens (including phenoxy) is 1. The lowest BCUT2D eigenvalue weighted by Gasteiger charge is -2.16. The number of carbonyl (C=O) groups is 2. The van der Waals surface area contributed by atoms with Crippen LogP contribution in [0.3, 0.4) is 0 Å². The van der Waals surface area contributed by atoms with Crippen LogP contribution in [0.5, 0.6) is 5.75 Å². The molecular formula is C24H22F2N2O3S. The number of thioether (sulfide) groups is 1. The van der Waals surface area contributed by atoms with Crippen molar-refractivity contribution in [2.24, 2.45) is 0 Å². The van der Waals surface area contributed by atoms with Gasteiger partial charge in [-0.2, -0.15) is 0 Å². The molecule has 32 heavy (non-hydrogen) atoms. The second-order valence-electron chi connectivity index (χ2n) is 6.93. The predicted octanol–water partition coefficient (Wildman–Crippen LogP) is 5.20. The van der Waals surface area contributed by atoms with Gasteiger partial charge in [-0.05, 0) is 37.3 Å². The van der Waals surface area contributed by atoms with E-state index < -0.39 is 23.6 Å². The van der Waals surface area contributed by atoms with Gasteiger partial charge in [0.05, 0.1) is 24.5 Å². The Hall–Kier alpha value is -3.39. The first kappa shape index (κ1) is 23.3. The van der Waals surface area contributed by atoms with Crippen molar-refractivity contribution >= 4 is 29.3 Å². The maximum Gasteiger partial charge on any atom is 0.252 e. The first-order chi connectivity index (χ1) is 15.4. The minimum Gasteiger partial charge on any atom is -0.497 e. The number of nitrogens with one attached hydrogen (secondary N) is 2. The lowest BCUT2D eigenvalue weighted by atomic mass is 10.1. The van der Waals surface area contributed by atoms with Gasteiger partial charge in [0.2, 0.25) is 5.91 Å². The molecule has 1 atom stereocenters. The molecule has 0 aliphatic rings. The van der Waals surface area contributed by atoms with Gasteiger partial charge in [-0.1, -0.05) is 24.3 Å². The zero-order valence-corrected chi connectivity index (χ0v) is 18.3. The van der Waals surface area contributed by atoms with E-state index in [1.807, 2.05) is 0 Å². The monoisotopic (exact) mass is 456 g/mol. The summed E-state index contributed by atoms with van der Waals surface area (Å²) in [6.07, 6.45) is 0. The summed E-state index contributed by atoms with van der Waals surface area (Å²) in [5.74, 6) is -1.35. The lowest BCUT2D eigenvalue weighted by Crippen LogP contribution is -2.27. The Bertz CT molecular complexity index is 1120. The number of benzene rings is 3. The average Bonchev–Trinajstić information content (AvgIpc) is 2.77. The molecule has 0 aliphatic heterocycles. The number of hydrogen-bond donors (Lipinski definition) is 2. The number of hydrogen-bond acceptors (Lipinski definition) is 4. The zero-order valence-electron chi connectivity index (χ0n) is 17.5. The molecule has 5 nitrogen and oxygen atoms in total. The molecule has 0 spiro atoms. The maximum atomic E-state index is 14.0. The van der Waals surface area contributed by atoms with Crippen molar-refractivity contribution in [2.75, 3.05) is 18.2 Å². The molecule has 0 saturated heterocycles. The fraction of sp³-hybridized carbons (Fsp3) is 0.167. The van der Waals surface area contributed by atoms with Crippen LogP contribution in [-0.4, -0.2) is 24.7 Å². The molecule has 0 aromatic heterocycles. The first-order valence-corrected chi connectivity index (χ1v) is 10.8. The number of carbonyl (C=O) groups excluding carboxylic acids is 2. The second kappa shape index (κ2) is 10.8. The van der Waals surface area contributed by atoms with Crippen molar-refractivity contribution in [1.29, 1.82) is 0 Å². The highest BCUT2D eigenvalue weighted by Gasteiger charge is 2.18. The predicted molar refractivity (Wildman–Crippen MR) is 121 cm³/mol. The van der Waals surface area contributed by atoms with E-state index in [1.165, 1.54) is 17.8 Å². The van der Waals surface area contributed by atoms with Gasteiger partial charge in [-0.3, -0.25) is 9.59 Å². The Morgan fingerprint density at radius 2 is 1.81 bits per heavy atom. The Morgan fingerprint density at radius 1 is 1.03 bits per heavy atom. The van der Waals surface area contributed by atoms with E-state index in [1.54, 1.807) is 62.6 Å². The number of anilines is 1. The second-order valence-corrected chi connectivity index (χ2v) is 7.94. The van der Waals surface area contributed by atoms with Crippen molar-refractivity contribution in [3.8, 4) is 5.75 Å². The van der Waals surface area contributed by atoms with E-state index in [9.17, 15) is 18.4 Å². The van der Waals surface area contributed by atoms with Crippen LogP contribution in [0, 0.1) is 11.6 Å². The molecule has 0 radical (unpaired) electrons. The minimum absolute atomic E-state index is 0.0870. The normalized spacial score (nSPS) is 11.5. The van der Waals surface area contributed by atoms with Gasteiger partial charge < -0.3 is 15.4 Å². The largest absolute Gasteiger partial charge is 0.497 e. The van der Waals surface area contributed by atoms with Gasteiger partial charge in [0.1, 0.15) is 17.4 Å². The third kappa shape index (κ3) is 6.07. The topological polar surface area (TPSA) is 67.4 Å². The zero-order chi connectivity index (χ0) is 23.1. The standard InChI is InChI=1S/C24H22F2N2O3S/c1-15(19-11-10-16(25)12-21(19)26)27-24(30)20-8-3-4-9-22(20)32-14-23(29)28-17-6-5-7-18(13-17)31-2/h3-13,15H,14H2,1-2H3,(H,27,30)(H,28,29). The molecule has 166 valence electrons. The SMILES string of the molecule is COc1cccc(NC(=O)CSc2ccccc2C(=O)NC(C)c2ccc(F)cc2F)c1. The van der Waals surface area contributed by atoms with Crippen molar-refractivity contribution < 1.29 is 23.1 Å². The number of amides is 2. The lowest BCUT2D eigenvalue weighted by molar-refractivity contribution is -0.113. The summed E-state index contributed by atoms with van der Waals surface area (Å²) in [4.78, 5) is 25.8. The molecule has 3 rings (SSSR count). The summed E-state index contributed by atoms with van der Waals surface area (Å²) < 4.78 is 32.3. The minimum atomic E-state index is -0.727. The smallest absolute Gasteiger partial charge is 0.252 e. The van der Waals surface area contributed by atoms with Crippen molar-refractivity contribution in [1.82, 2.24) is 5.32 Å². The third-order valence-corrected chi connectivity index (χ3v) is 5.69. The molecule has 2 amide bonds. The van der Waals surface area contributed by atoms with Crippen LogP contribution in [-0.2, 0) is 4.79 Å². The molecule has 0 aliphatic carbocycles. The molecular weight excluding hydrogens is 434 g/mol. The van der Waals surface area contributed by atoms with Crippen LogP contribution in [0.15, 0.2) is 71.6 Å². The van der Waals surface area contributed by atoms with Gasteiger partial charge in [0.15, 0.2) is 0 Å². The van der Waals surface area contributed by atoms with Crippen LogP contribution in [0.25, 0.3) is 0 Å². The Balaban J connectivity index is 1.64. The molecule has 1 unspecified atom stereocenters. The summed E-state index contributed by atoms with van der Waals surface area (Å²) in [5, 5.41) is 5.51. The number of methoxy groups -OCH3 is 1. The molecule has 0 bridgehead atoms. The maximum absolute atomic E-state index is 14.0. The highest BCUT2D eigenvalue weighted by Crippen LogP contribution is 2.25. The van der Waals surface area contributed by atoms with Crippen LogP contribution in [0.1, 0.15) is 28.9 Å². The Kier molecular flexibility index (Phi) is 7.83. The summed E-state index contributed by atoms with van der Waals surface area (Å²) in [6, 6.07) is 16.4. The highest BCUT2D eigenvalue weighted by atomic mass is 32.2. The fourth-order valence-corrected chi connectivity index (χ4v) is 3.88. The molecule has 8 heteroatoms. The van der Waals surface area contributed by atoms with Gasteiger partial charge >= 0.3 is 0 Å². The van der Waals surface area contributed by atoms with E-state index in [0.717, 1.165) is 12.1 Å². The third-order valence-electron chi connectivity index (χ3n) is 4.62. The molecule has 0 fully saturated rings. The van der Waals surface area contributed by atoms with Crippen LogP contribution in [0.4, 0.5) is 14.5 Å². The van der Waals surface area contributed by atoms with Gasteiger partial charge in [-0.15, -0.1) is 11.8 Å². The van der Waals surface area contributed by atoms with Gasteiger partial charge in [0.25, 0.3) is 5.91 Å². The Labute approximate surface area is 189 Å². The summed E-state index contributed by atoms with van der Waals surface area (Å²) in [6.45, 7) is 1.62. The average molecular weight is 457 g/mol. The van der Waals surface area contributed by atoms with Crippen molar-refractivity contribution in [3.05, 3.63) is 89.5 Å². The number of rotatable bonds is 8. The number of halogens is 2. The van der Waals surface area contributed by atoms with Crippen molar-refractivity contribution in [3.63, 3.8) is 0 Å². The quantitative estimate of drug-likeness (QED) is 0.458. The Morgan fingerprint density at radius 3 is 2.56 bits per heavy atom. The molecule has 3 aromatic carbocycles. The van der Waals surface area contributed by atoms with Gasteiger partial charge in [-0.25, -0.2) is 8.78 Å². The van der Waals surface area contributed by atoms with Crippen LogP contribution in [0.2, 0.25) is 0 Å². The summed E-state index contributed by atoms with van der Waals surface area (Å²) >= 11 is 1.21. The molecule has 2 N–H and O–H groups in total. The van der Waals surface area contributed by atoms with Crippen molar-refractivity contribution in [2.45, 2.75) is 17.9 Å². The van der Waals surface area contributed by atoms with Crippen LogP contribution < -0.4 is 15.4 Å². The van der Waals surface area contributed by atoms with E-state index >= 15 is 0 Å². The molecule has 0 heterocycles. The van der Waals surface area contributed by atoms with E-state index in [0.29, 0.717) is 21.9 Å². The molecule has 0 saturated carbocycles. The van der Waals surface area contributed by atoms with E-state index in [4.69, 9.17) is 4.74 Å². The van der Waals surface area contributed by atoms with E-state index in [-0.39, 0.29) is 17.2 Å². The summed E-state index contributed by atoms with van der Waals surface area (Å²) in [5.41, 5.74) is 1.15. The first-order valence-electron chi connectivity index (χ1n) is 9.79.